The molecule has 0 aliphatic heterocycles. The summed E-state index contributed by atoms with van der Waals surface area (Å²) in [6.07, 6.45) is 18.6. The maximum Gasteiger partial charge on any atom is 0.248 e. The second-order valence-corrected chi connectivity index (χ2v) is 12.7. The molecular formula is C40H50N4O3. The molecule has 0 bridgehead atoms. The Bertz CT molecular complexity index is 1520. The average Bonchev–Trinajstić information content (AvgIpc) is 3.79. The average molecular weight is 635 g/mol. The second kappa shape index (κ2) is 18.2. The standard InChI is InChI=1S/C40H50N4O3/c1-4-5-6-7-8-9-10-11-12-13-14-15-16-17-26-45-36-28-34(39-43-41-37(46-39)32-22-18-30(2)19-23-32)27-35(29-36)40-44-42-38(47-40)33-24-20-31(3)21-25-33/h18-25,27-29H,4-17,26H2,1-3H3. The molecule has 0 spiro atoms. The predicted molar refractivity (Wildman–Crippen MR) is 189 cm³/mol. The molecule has 0 N–H and O–H groups in total. The van der Waals surface area contributed by atoms with E-state index in [1.165, 1.54) is 88.2 Å². The van der Waals surface area contributed by atoms with E-state index in [-0.39, 0.29) is 0 Å². The fourth-order valence-corrected chi connectivity index (χ4v) is 5.72. The van der Waals surface area contributed by atoms with Crippen molar-refractivity contribution >= 4 is 0 Å². The van der Waals surface area contributed by atoms with E-state index in [1.54, 1.807) is 0 Å². The first-order chi connectivity index (χ1) is 23.1. The van der Waals surface area contributed by atoms with E-state index in [4.69, 9.17) is 13.6 Å². The van der Waals surface area contributed by atoms with Crippen LogP contribution in [0, 0.1) is 13.8 Å². The normalized spacial score (nSPS) is 11.3. The summed E-state index contributed by atoms with van der Waals surface area (Å²) >= 11 is 0. The summed E-state index contributed by atoms with van der Waals surface area (Å²) < 4.78 is 18.5. The monoisotopic (exact) mass is 634 g/mol. The third-order valence-corrected chi connectivity index (χ3v) is 8.61. The van der Waals surface area contributed by atoms with Crippen LogP contribution in [0.4, 0.5) is 0 Å². The highest BCUT2D eigenvalue weighted by Gasteiger charge is 2.17. The molecule has 7 heteroatoms. The molecule has 0 radical (unpaired) electrons. The Kier molecular flexibility index (Phi) is 13.2. The summed E-state index contributed by atoms with van der Waals surface area (Å²) in [6.45, 7) is 7.02. The van der Waals surface area contributed by atoms with Crippen molar-refractivity contribution in [3.05, 3.63) is 77.9 Å². The first kappa shape index (κ1) is 34.1. The molecule has 2 aromatic heterocycles. The SMILES string of the molecule is CCCCCCCCCCCCCCCCOc1cc(-c2nnc(-c3ccc(C)cc3)o2)cc(-c2nnc(-c3ccc(C)cc3)o2)c1. The maximum absolute atomic E-state index is 6.27. The number of rotatable bonds is 20. The van der Waals surface area contributed by atoms with Gasteiger partial charge in [0.25, 0.3) is 0 Å². The molecule has 0 amide bonds. The Morgan fingerprint density at radius 1 is 0.447 bits per heavy atom. The summed E-state index contributed by atoms with van der Waals surface area (Å²) in [5.41, 5.74) is 5.57. The highest BCUT2D eigenvalue weighted by atomic mass is 16.5. The lowest BCUT2D eigenvalue weighted by atomic mass is 10.0. The fraction of sp³-hybridized carbons (Fsp3) is 0.450. The molecule has 0 aliphatic rings. The topological polar surface area (TPSA) is 87.1 Å². The summed E-state index contributed by atoms with van der Waals surface area (Å²) in [6, 6.07) is 21.9. The Morgan fingerprint density at radius 2 is 0.809 bits per heavy atom. The number of aryl methyl sites for hydroxylation is 2. The van der Waals surface area contributed by atoms with Gasteiger partial charge in [-0.1, -0.05) is 126 Å². The number of unbranched alkanes of at least 4 members (excludes halogenated alkanes) is 13. The molecule has 2 heterocycles. The van der Waals surface area contributed by atoms with Crippen LogP contribution in [0.1, 0.15) is 108 Å². The number of aromatic nitrogens is 4. The van der Waals surface area contributed by atoms with Gasteiger partial charge in [-0.15, -0.1) is 20.4 Å². The van der Waals surface area contributed by atoms with Crippen molar-refractivity contribution in [2.24, 2.45) is 0 Å². The minimum Gasteiger partial charge on any atom is -0.494 e. The lowest BCUT2D eigenvalue weighted by Gasteiger charge is -2.09. The molecule has 0 fully saturated rings. The first-order valence-electron chi connectivity index (χ1n) is 17.7. The van der Waals surface area contributed by atoms with Crippen LogP contribution < -0.4 is 4.74 Å². The zero-order valence-electron chi connectivity index (χ0n) is 28.5. The highest BCUT2D eigenvalue weighted by molar-refractivity contribution is 5.69. The van der Waals surface area contributed by atoms with E-state index in [1.807, 2.05) is 66.7 Å². The van der Waals surface area contributed by atoms with Gasteiger partial charge in [0, 0.05) is 22.3 Å². The zero-order valence-corrected chi connectivity index (χ0v) is 28.5. The van der Waals surface area contributed by atoms with E-state index in [0.29, 0.717) is 35.9 Å². The third kappa shape index (κ3) is 10.6. The van der Waals surface area contributed by atoms with Crippen molar-refractivity contribution in [1.29, 1.82) is 0 Å². The van der Waals surface area contributed by atoms with Crippen molar-refractivity contribution in [3.63, 3.8) is 0 Å². The second-order valence-electron chi connectivity index (χ2n) is 12.7. The zero-order chi connectivity index (χ0) is 32.7. The van der Waals surface area contributed by atoms with E-state index in [2.05, 4.69) is 41.2 Å². The van der Waals surface area contributed by atoms with Gasteiger partial charge >= 0.3 is 0 Å². The number of hydrogen-bond acceptors (Lipinski definition) is 7. The summed E-state index contributed by atoms with van der Waals surface area (Å²) in [5, 5.41) is 17.3. The molecule has 248 valence electrons. The van der Waals surface area contributed by atoms with Crippen LogP contribution in [-0.2, 0) is 0 Å². The summed E-state index contributed by atoms with van der Waals surface area (Å²) in [7, 11) is 0. The molecule has 5 aromatic rings. The van der Waals surface area contributed by atoms with E-state index < -0.39 is 0 Å². The van der Waals surface area contributed by atoms with Gasteiger partial charge in [-0.05, 0) is 62.7 Å². The predicted octanol–water partition coefficient (Wildman–Crippen LogP) is 11.6. The smallest absolute Gasteiger partial charge is 0.248 e. The van der Waals surface area contributed by atoms with Crippen LogP contribution >= 0.6 is 0 Å². The number of benzene rings is 3. The summed E-state index contributed by atoms with van der Waals surface area (Å²) in [5.74, 6) is 2.45. The maximum atomic E-state index is 6.27. The van der Waals surface area contributed by atoms with Crippen molar-refractivity contribution < 1.29 is 13.6 Å². The van der Waals surface area contributed by atoms with Crippen LogP contribution in [0.5, 0.6) is 5.75 Å². The van der Waals surface area contributed by atoms with Crippen molar-refractivity contribution in [1.82, 2.24) is 20.4 Å². The Labute approximate surface area is 280 Å². The Balaban J connectivity index is 1.17. The van der Waals surface area contributed by atoms with Crippen LogP contribution in [0.15, 0.2) is 75.6 Å². The lowest BCUT2D eigenvalue weighted by molar-refractivity contribution is 0.304. The molecule has 5 rings (SSSR count). The fourth-order valence-electron chi connectivity index (χ4n) is 5.72. The van der Waals surface area contributed by atoms with Crippen LogP contribution in [0.2, 0.25) is 0 Å². The Morgan fingerprint density at radius 3 is 1.21 bits per heavy atom. The lowest BCUT2D eigenvalue weighted by Crippen LogP contribution is -1.98. The molecule has 0 atom stereocenters. The van der Waals surface area contributed by atoms with Crippen LogP contribution in [0.25, 0.3) is 45.8 Å². The minimum absolute atomic E-state index is 0.405. The van der Waals surface area contributed by atoms with Crippen molar-refractivity contribution in [2.45, 2.75) is 111 Å². The molecule has 7 nitrogen and oxygen atoms in total. The quantitative estimate of drug-likeness (QED) is 0.0787. The van der Waals surface area contributed by atoms with Gasteiger partial charge in [0.2, 0.25) is 23.6 Å². The van der Waals surface area contributed by atoms with E-state index in [0.717, 1.165) is 35.1 Å². The van der Waals surface area contributed by atoms with Crippen LogP contribution in [0.3, 0.4) is 0 Å². The molecule has 47 heavy (non-hydrogen) atoms. The molecule has 0 saturated heterocycles. The first-order valence-corrected chi connectivity index (χ1v) is 17.7. The van der Waals surface area contributed by atoms with Crippen molar-refractivity contribution in [3.8, 4) is 51.6 Å². The van der Waals surface area contributed by atoms with Gasteiger partial charge in [-0.3, -0.25) is 0 Å². The molecular weight excluding hydrogens is 584 g/mol. The summed E-state index contributed by atoms with van der Waals surface area (Å²) in [4.78, 5) is 0. The van der Waals surface area contributed by atoms with Gasteiger partial charge in [0.1, 0.15) is 5.75 Å². The minimum atomic E-state index is 0.405. The number of nitrogens with zero attached hydrogens (tertiary/aromatic N) is 4. The Hall–Kier alpha value is -4.26. The third-order valence-electron chi connectivity index (χ3n) is 8.61. The van der Waals surface area contributed by atoms with Gasteiger partial charge in [0.15, 0.2) is 0 Å². The van der Waals surface area contributed by atoms with Crippen LogP contribution in [-0.4, -0.2) is 27.0 Å². The van der Waals surface area contributed by atoms with Gasteiger partial charge in [-0.25, -0.2) is 0 Å². The largest absolute Gasteiger partial charge is 0.494 e. The molecule has 0 unspecified atom stereocenters. The molecule has 0 aliphatic carbocycles. The van der Waals surface area contributed by atoms with Crippen molar-refractivity contribution in [2.75, 3.05) is 6.61 Å². The number of hydrogen-bond donors (Lipinski definition) is 0. The van der Waals surface area contributed by atoms with E-state index >= 15 is 0 Å². The van der Waals surface area contributed by atoms with E-state index in [9.17, 15) is 0 Å². The molecule has 0 saturated carbocycles. The van der Waals surface area contributed by atoms with Gasteiger partial charge in [-0.2, -0.15) is 0 Å². The van der Waals surface area contributed by atoms with Gasteiger partial charge < -0.3 is 13.6 Å². The number of ether oxygens (including phenoxy) is 1. The highest BCUT2D eigenvalue weighted by Crippen LogP contribution is 2.33. The molecule has 3 aromatic carbocycles. The van der Waals surface area contributed by atoms with Gasteiger partial charge in [0.05, 0.1) is 6.61 Å².